The first kappa shape index (κ1) is 26.6. The van der Waals surface area contributed by atoms with E-state index in [9.17, 15) is 9.59 Å². The average molecular weight is 682 g/mol. The molecule has 7 nitrogen and oxygen atoms in total. The van der Waals surface area contributed by atoms with Crippen molar-refractivity contribution in [2.24, 2.45) is 4.99 Å². The molecule has 1 aromatic heterocycles. The maximum Gasteiger partial charge on any atom is 0.338 e. The topological polar surface area (TPSA) is 73.1 Å². The van der Waals surface area contributed by atoms with Crippen LogP contribution in [0.1, 0.15) is 31.0 Å². The highest BCUT2D eigenvalue weighted by atomic mass is 127. The van der Waals surface area contributed by atoms with Crippen LogP contribution in [-0.4, -0.2) is 38.3 Å². The lowest BCUT2D eigenvalue weighted by molar-refractivity contribution is -0.139. The van der Waals surface area contributed by atoms with E-state index in [0.717, 1.165) is 24.9 Å². The van der Waals surface area contributed by atoms with E-state index in [1.54, 1.807) is 25.5 Å². The van der Waals surface area contributed by atoms with Crippen molar-refractivity contribution in [1.82, 2.24) is 4.57 Å². The molecule has 0 saturated carbocycles. The van der Waals surface area contributed by atoms with Gasteiger partial charge in [0.25, 0.3) is 5.56 Å². The summed E-state index contributed by atoms with van der Waals surface area (Å²) in [4.78, 5) is 34.0. The van der Waals surface area contributed by atoms with E-state index in [1.807, 2.05) is 61.5 Å². The molecule has 0 N–H and O–H groups in total. The van der Waals surface area contributed by atoms with E-state index < -0.39 is 12.0 Å². The Morgan fingerprint density at radius 1 is 1.28 bits per heavy atom. The van der Waals surface area contributed by atoms with Gasteiger partial charge in [-0.1, -0.05) is 39.4 Å². The number of carbonyl (C=O) groups excluding carboxylic acids is 1. The van der Waals surface area contributed by atoms with Crippen molar-refractivity contribution < 1.29 is 14.3 Å². The van der Waals surface area contributed by atoms with Crippen LogP contribution >= 0.6 is 49.9 Å². The summed E-state index contributed by atoms with van der Waals surface area (Å²) in [6, 6.07) is 11.0. The fourth-order valence-corrected chi connectivity index (χ4v) is 6.91. The first-order valence-electron chi connectivity index (χ1n) is 11.2. The SMILES string of the molecule is CCOC(=O)C1=C(C)N=c2s/c(=C\c3cc(Br)cc(I)c3OC)c(=O)n2C1c1ccc(N(C)C)cc1. The van der Waals surface area contributed by atoms with Gasteiger partial charge in [-0.15, -0.1) is 0 Å². The normalized spacial score (nSPS) is 15.4. The van der Waals surface area contributed by atoms with Crippen LogP contribution in [0, 0.1) is 3.57 Å². The molecule has 188 valence electrons. The molecule has 10 heteroatoms. The van der Waals surface area contributed by atoms with Crippen molar-refractivity contribution in [3.63, 3.8) is 0 Å². The monoisotopic (exact) mass is 681 g/mol. The lowest BCUT2D eigenvalue weighted by Crippen LogP contribution is -2.40. The first-order valence-corrected chi connectivity index (χ1v) is 13.8. The van der Waals surface area contributed by atoms with Crippen LogP contribution < -0.4 is 24.5 Å². The lowest BCUT2D eigenvalue weighted by atomic mass is 9.95. The number of rotatable bonds is 6. The number of fused-ring (bicyclic) bond motifs is 1. The highest BCUT2D eigenvalue weighted by molar-refractivity contribution is 14.1. The van der Waals surface area contributed by atoms with Gasteiger partial charge < -0.3 is 14.4 Å². The number of benzene rings is 2. The number of hydrogen-bond acceptors (Lipinski definition) is 7. The number of anilines is 1. The Morgan fingerprint density at radius 2 is 1.97 bits per heavy atom. The van der Waals surface area contributed by atoms with Crippen LogP contribution in [0.2, 0.25) is 0 Å². The summed E-state index contributed by atoms with van der Waals surface area (Å²) in [6.45, 7) is 3.77. The second-order valence-electron chi connectivity index (χ2n) is 8.30. The van der Waals surface area contributed by atoms with E-state index in [4.69, 9.17) is 9.47 Å². The molecule has 0 aliphatic carbocycles. The van der Waals surface area contributed by atoms with Crippen molar-refractivity contribution >= 4 is 67.6 Å². The average Bonchev–Trinajstić information content (AvgIpc) is 3.12. The summed E-state index contributed by atoms with van der Waals surface area (Å²) in [5.74, 6) is 0.210. The molecule has 1 aliphatic heterocycles. The van der Waals surface area contributed by atoms with Crippen LogP contribution in [0.4, 0.5) is 5.69 Å². The van der Waals surface area contributed by atoms with E-state index in [-0.39, 0.29) is 12.2 Å². The molecule has 2 aromatic carbocycles. The third-order valence-corrected chi connectivity index (χ3v) is 8.01. The van der Waals surface area contributed by atoms with Gasteiger partial charge in [-0.25, -0.2) is 9.79 Å². The minimum atomic E-state index is -0.650. The standard InChI is InChI=1S/C26H25BrIN3O4S/c1-6-35-25(33)21-14(2)29-26-31(22(21)15-7-9-18(10-8-15)30(3)4)24(32)20(36-26)12-16-11-17(27)13-19(28)23(16)34-5/h7-13,22H,6H2,1-5H3/b20-12-. The van der Waals surface area contributed by atoms with E-state index in [2.05, 4.69) is 43.5 Å². The molecule has 0 radical (unpaired) electrons. The minimum absolute atomic E-state index is 0.230. The number of hydrogen-bond donors (Lipinski definition) is 0. The largest absolute Gasteiger partial charge is 0.495 e. The summed E-state index contributed by atoms with van der Waals surface area (Å²) in [7, 11) is 5.53. The lowest BCUT2D eigenvalue weighted by Gasteiger charge is -2.25. The molecule has 1 aliphatic rings. The number of ether oxygens (including phenoxy) is 2. The zero-order valence-corrected chi connectivity index (χ0v) is 25.0. The summed E-state index contributed by atoms with van der Waals surface area (Å²) in [6.07, 6.45) is 1.81. The number of thiazole rings is 1. The molecular weight excluding hydrogens is 657 g/mol. The van der Waals surface area contributed by atoms with Crippen LogP contribution in [0.5, 0.6) is 5.75 Å². The Kier molecular flexibility index (Phi) is 8.06. The van der Waals surface area contributed by atoms with Crippen LogP contribution in [0.3, 0.4) is 0 Å². The molecule has 36 heavy (non-hydrogen) atoms. The van der Waals surface area contributed by atoms with Gasteiger partial charge >= 0.3 is 5.97 Å². The molecule has 4 rings (SSSR count). The molecule has 0 fully saturated rings. The molecule has 0 saturated heterocycles. The van der Waals surface area contributed by atoms with Gasteiger partial charge in [0, 0.05) is 29.8 Å². The van der Waals surface area contributed by atoms with Crippen molar-refractivity contribution in [1.29, 1.82) is 0 Å². The smallest absolute Gasteiger partial charge is 0.338 e. The molecule has 1 unspecified atom stereocenters. The molecule has 2 heterocycles. The Bertz CT molecular complexity index is 1540. The van der Waals surface area contributed by atoms with Gasteiger partial charge in [0.2, 0.25) is 0 Å². The van der Waals surface area contributed by atoms with Crippen LogP contribution in [-0.2, 0) is 9.53 Å². The molecule has 0 amide bonds. The number of nitrogens with zero attached hydrogens (tertiary/aromatic N) is 3. The number of methoxy groups -OCH3 is 1. The number of aromatic nitrogens is 1. The summed E-state index contributed by atoms with van der Waals surface area (Å²) in [5, 5.41) is 0. The zero-order chi connectivity index (χ0) is 26.1. The fourth-order valence-electron chi connectivity index (χ4n) is 4.11. The van der Waals surface area contributed by atoms with Gasteiger partial charge in [0.1, 0.15) is 5.75 Å². The summed E-state index contributed by atoms with van der Waals surface area (Å²) >= 11 is 7.02. The van der Waals surface area contributed by atoms with E-state index >= 15 is 0 Å². The maximum absolute atomic E-state index is 13.8. The van der Waals surface area contributed by atoms with Gasteiger partial charge in [-0.3, -0.25) is 9.36 Å². The molecular formula is C26H25BrIN3O4S. The van der Waals surface area contributed by atoms with E-state index in [0.29, 0.717) is 26.4 Å². The molecule has 3 aromatic rings. The van der Waals surface area contributed by atoms with Crippen molar-refractivity contribution in [3.8, 4) is 5.75 Å². The van der Waals surface area contributed by atoms with Crippen LogP contribution in [0.25, 0.3) is 6.08 Å². The predicted octanol–water partition coefficient (Wildman–Crippen LogP) is 4.24. The Balaban J connectivity index is 1.97. The van der Waals surface area contributed by atoms with E-state index in [1.165, 1.54) is 11.3 Å². The molecule has 0 spiro atoms. The predicted molar refractivity (Wildman–Crippen MR) is 155 cm³/mol. The fraction of sp³-hybridized carbons (Fsp3) is 0.269. The number of halogens is 2. The third-order valence-electron chi connectivity index (χ3n) is 5.77. The summed E-state index contributed by atoms with van der Waals surface area (Å²) in [5.41, 5.74) is 3.27. The van der Waals surface area contributed by atoms with Crippen LogP contribution in [0.15, 0.2) is 61.9 Å². The van der Waals surface area contributed by atoms with Crippen molar-refractivity contribution in [2.75, 3.05) is 32.7 Å². The maximum atomic E-state index is 13.8. The summed E-state index contributed by atoms with van der Waals surface area (Å²) < 4.78 is 14.9. The van der Waals surface area contributed by atoms with Crippen molar-refractivity contribution in [2.45, 2.75) is 19.9 Å². The third kappa shape index (κ3) is 5.03. The molecule has 1 atom stereocenters. The number of allylic oxidation sites excluding steroid dienone is 1. The Labute approximate surface area is 235 Å². The molecule has 0 bridgehead atoms. The van der Waals surface area contributed by atoms with Gasteiger partial charge in [-0.05, 0) is 72.3 Å². The Hall–Kier alpha value is -2.44. The second kappa shape index (κ2) is 10.9. The zero-order valence-electron chi connectivity index (χ0n) is 20.5. The number of carbonyl (C=O) groups is 1. The highest BCUT2D eigenvalue weighted by Gasteiger charge is 2.33. The number of esters is 1. The quantitative estimate of drug-likeness (QED) is 0.288. The second-order valence-corrected chi connectivity index (χ2v) is 11.4. The van der Waals surface area contributed by atoms with Gasteiger partial charge in [0.15, 0.2) is 4.80 Å². The van der Waals surface area contributed by atoms with Gasteiger partial charge in [-0.2, -0.15) is 0 Å². The minimum Gasteiger partial charge on any atom is -0.495 e. The first-order chi connectivity index (χ1) is 17.2. The van der Waals surface area contributed by atoms with Gasteiger partial charge in [0.05, 0.1) is 39.1 Å². The van der Waals surface area contributed by atoms with Crippen molar-refractivity contribution in [3.05, 3.63) is 86.5 Å². The Morgan fingerprint density at radius 3 is 2.58 bits per heavy atom. The highest BCUT2D eigenvalue weighted by Crippen LogP contribution is 2.32.